The van der Waals surface area contributed by atoms with E-state index in [0.29, 0.717) is 6.54 Å². The second kappa shape index (κ2) is 6.99. The predicted octanol–water partition coefficient (Wildman–Crippen LogP) is 3.17. The summed E-state index contributed by atoms with van der Waals surface area (Å²) in [4.78, 5) is 18.7. The van der Waals surface area contributed by atoms with E-state index in [2.05, 4.69) is 17.1 Å². The third-order valence-corrected chi connectivity index (χ3v) is 4.72. The number of carbonyl (C=O) groups excluding carboxylic acids is 1. The maximum absolute atomic E-state index is 12.3. The normalized spacial score (nSPS) is 19.9. The summed E-state index contributed by atoms with van der Waals surface area (Å²) >= 11 is 1.59. The zero-order chi connectivity index (χ0) is 14.5. The minimum Gasteiger partial charge on any atom is -0.375 e. The van der Waals surface area contributed by atoms with E-state index in [0.717, 1.165) is 30.0 Å². The predicted molar refractivity (Wildman–Crippen MR) is 80.5 cm³/mol. The van der Waals surface area contributed by atoms with Gasteiger partial charge in [0.25, 0.3) is 0 Å². The number of aromatic nitrogens is 1. The topological polar surface area (TPSA) is 42.4 Å². The molecule has 1 aromatic rings. The Bertz CT molecular complexity index is 484. The van der Waals surface area contributed by atoms with Crippen molar-refractivity contribution >= 4 is 17.2 Å². The highest BCUT2D eigenvalue weighted by molar-refractivity contribution is 7.09. The average Bonchev–Trinajstić information content (AvgIpc) is 2.95. The number of rotatable bonds is 5. The second-order valence-corrected chi connectivity index (χ2v) is 6.12. The van der Waals surface area contributed by atoms with E-state index >= 15 is 0 Å². The van der Waals surface area contributed by atoms with Gasteiger partial charge in [0.2, 0.25) is 5.91 Å². The summed E-state index contributed by atoms with van der Waals surface area (Å²) < 4.78 is 5.26. The van der Waals surface area contributed by atoms with Crippen LogP contribution in [0.5, 0.6) is 0 Å². The fourth-order valence-electron chi connectivity index (χ4n) is 2.33. The van der Waals surface area contributed by atoms with Crippen LogP contribution in [0.25, 0.3) is 0 Å². The first-order valence-corrected chi connectivity index (χ1v) is 7.87. The van der Waals surface area contributed by atoms with Crippen LogP contribution in [0.4, 0.5) is 0 Å². The highest BCUT2D eigenvalue weighted by Gasteiger charge is 2.22. The summed E-state index contributed by atoms with van der Waals surface area (Å²) in [5.74, 6) is 0.365. The Morgan fingerprint density at radius 2 is 2.40 bits per heavy atom. The van der Waals surface area contributed by atoms with Gasteiger partial charge in [-0.2, -0.15) is 0 Å². The van der Waals surface area contributed by atoms with Gasteiger partial charge in [-0.3, -0.25) is 4.79 Å². The quantitative estimate of drug-likeness (QED) is 0.783. The zero-order valence-corrected chi connectivity index (χ0v) is 13.2. The molecule has 0 fully saturated rings. The van der Waals surface area contributed by atoms with Crippen molar-refractivity contribution in [1.82, 2.24) is 9.88 Å². The molecular formula is C15H22N2O2S. The van der Waals surface area contributed by atoms with Gasteiger partial charge in [0.05, 0.1) is 12.2 Å². The lowest BCUT2D eigenvalue weighted by Gasteiger charge is -2.23. The van der Waals surface area contributed by atoms with Crippen LogP contribution in [0, 0.1) is 5.92 Å². The SMILES string of the molecule is CO[C@@H](C)c1nc(CN(C)C(=O)[C@@H]2CC=CCC2)cs1. The molecule has 0 aliphatic heterocycles. The largest absolute Gasteiger partial charge is 0.375 e. The molecule has 0 bridgehead atoms. The molecule has 0 N–H and O–H groups in total. The third kappa shape index (κ3) is 3.67. The molecular weight excluding hydrogens is 272 g/mol. The highest BCUT2D eigenvalue weighted by Crippen LogP contribution is 2.23. The van der Waals surface area contributed by atoms with Gasteiger partial charge >= 0.3 is 0 Å². The Hall–Kier alpha value is -1.20. The van der Waals surface area contributed by atoms with Crippen molar-refractivity contribution in [2.24, 2.45) is 5.92 Å². The van der Waals surface area contributed by atoms with E-state index in [-0.39, 0.29) is 17.9 Å². The van der Waals surface area contributed by atoms with Crippen LogP contribution in [0.3, 0.4) is 0 Å². The molecule has 4 nitrogen and oxygen atoms in total. The first-order chi connectivity index (χ1) is 9.61. The van der Waals surface area contributed by atoms with Crippen LogP contribution in [0.1, 0.15) is 43.0 Å². The van der Waals surface area contributed by atoms with Gasteiger partial charge in [0, 0.05) is 25.5 Å². The Labute approximate surface area is 124 Å². The van der Waals surface area contributed by atoms with E-state index in [1.165, 1.54) is 0 Å². The number of amides is 1. The van der Waals surface area contributed by atoms with Gasteiger partial charge in [0.15, 0.2) is 0 Å². The van der Waals surface area contributed by atoms with Gasteiger partial charge < -0.3 is 9.64 Å². The number of nitrogens with zero attached hydrogens (tertiary/aromatic N) is 2. The Kier molecular flexibility index (Phi) is 5.31. The molecule has 1 aromatic heterocycles. The van der Waals surface area contributed by atoms with Crippen molar-refractivity contribution in [1.29, 1.82) is 0 Å². The molecule has 2 rings (SSSR count). The Morgan fingerprint density at radius 1 is 1.60 bits per heavy atom. The van der Waals surface area contributed by atoms with Crippen molar-refractivity contribution in [3.05, 3.63) is 28.2 Å². The zero-order valence-electron chi connectivity index (χ0n) is 12.3. The van der Waals surface area contributed by atoms with Crippen LogP contribution < -0.4 is 0 Å². The first kappa shape index (κ1) is 15.2. The van der Waals surface area contributed by atoms with Gasteiger partial charge in [-0.15, -0.1) is 11.3 Å². The molecule has 0 radical (unpaired) electrons. The number of hydrogen-bond donors (Lipinski definition) is 0. The molecule has 0 spiro atoms. The van der Waals surface area contributed by atoms with E-state index < -0.39 is 0 Å². The van der Waals surface area contributed by atoms with E-state index in [4.69, 9.17) is 4.74 Å². The molecule has 1 amide bonds. The van der Waals surface area contributed by atoms with E-state index in [1.807, 2.05) is 19.4 Å². The Morgan fingerprint density at radius 3 is 3.05 bits per heavy atom. The standard InChI is InChI=1S/C15H22N2O2S/c1-11(19-3)14-16-13(10-20-14)9-17(2)15(18)12-7-5-4-6-8-12/h4-5,10-12H,6-9H2,1-3H3/t11-,12+/m0/s1. The van der Waals surface area contributed by atoms with E-state index in [9.17, 15) is 4.79 Å². The van der Waals surface area contributed by atoms with Crippen LogP contribution in [0.2, 0.25) is 0 Å². The van der Waals surface area contributed by atoms with Gasteiger partial charge in [-0.25, -0.2) is 4.98 Å². The highest BCUT2D eigenvalue weighted by atomic mass is 32.1. The molecule has 0 saturated heterocycles. The average molecular weight is 294 g/mol. The third-order valence-electron chi connectivity index (χ3n) is 3.66. The van der Waals surface area contributed by atoms with Crippen LogP contribution >= 0.6 is 11.3 Å². The summed E-state index contributed by atoms with van der Waals surface area (Å²) in [6, 6.07) is 0. The fourth-order valence-corrected chi connectivity index (χ4v) is 3.18. The number of hydrogen-bond acceptors (Lipinski definition) is 4. The number of ether oxygens (including phenoxy) is 1. The smallest absolute Gasteiger partial charge is 0.226 e. The van der Waals surface area contributed by atoms with Gasteiger partial charge in [0.1, 0.15) is 11.1 Å². The molecule has 0 unspecified atom stereocenters. The Balaban J connectivity index is 1.93. The molecule has 5 heteroatoms. The number of allylic oxidation sites excluding steroid dienone is 2. The van der Waals surface area contributed by atoms with Gasteiger partial charge in [-0.05, 0) is 26.2 Å². The molecule has 2 atom stereocenters. The number of carbonyl (C=O) groups is 1. The maximum Gasteiger partial charge on any atom is 0.226 e. The van der Waals surface area contributed by atoms with Crippen LogP contribution in [-0.4, -0.2) is 29.9 Å². The van der Waals surface area contributed by atoms with Crippen molar-refractivity contribution in [2.75, 3.05) is 14.2 Å². The molecule has 1 aliphatic rings. The molecule has 0 aromatic carbocycles. The lowest BCUT2D eigenvalue weighted by molar-refractivity contribution is -0.135. The fraction of sp³-hybridized carbons (Fsp3) is 0.600. The summed E-state index contributed by atoms with van der Waals surface area (Å²) in [7, 11) is 3.54. The first-order valence-electron chi connectivity index (χ1n) is 6.99. The summed E-state index contributed by atoms with van der Waals surface area (Å²) in [6.45, 7) is 2.55. The monoisotopic (exact) mass is 294 g/mol. The van der Waals surface area contributed by atoms with Crippen LogP contribution in [0.15, 0.2) is 17.5 Å². The second-order valence-electron chi connectivity index (χ2n) is 5.23. The van der Waals surface area contributed by atoms with E-state index in [1.54, 1.807) is 23.3 Å². The minimum atomic E-state index is 0.0123. The van der Waals surface area contributed by atoms with Gasteiger partial charge in [-0.1, -0.05) is 12.2 Å². The lowest BCUT2D eigenvalue weighted by atomic mass is 9.93. The summed E-state index contributed by atoms with van der Waals surface area (Å²) in [6.07, 6.45) is 7.12. The van der Waals surface area contributed by atoms with Crippen molar-refractivity contribution in [2.45, 2.75) is 38.8 Å². The molecule has 20 heavy (non-hydrogen) atoms. The molecule has 0 saturated carbocycles. The summed E-state index contributed by atoms with van der Waals surface area (Å²) in [5, 5.41) is 2.97. The van der Waals surface area contributed by atoms with Crippen molar-refractivity contribution < 1.29 is 9.53 Å². The van der Waals surface area contributed by atoms with Crippen molar-refractivity contribution in [3.63, 3.8) is 0 Å². The number of methoxy groups -OCH3 is 1. The van der Waals surface area contributed by atoms with Crippen LogP contribution in [-0.2, 0) is 16.1 Å². The molecule has 1 heterocycles. The number of thiazole rings is 1. The molecule has 110 valence electrons. The summed E-state index contributed by atoms with van der Waals surface area (Å²) in [5.41, 5.74) is 0.941. The molecule has 1 aliphatic carbocycles. The van der Waals surface area contributed by atoms with Crippen molar-refractivity contribution in [3.8, 4) is 0 Å². The minimum absolute atomic E-state index is 0.0123. The lowest BCUT2D eigenvalue weighted by Crippen LogP contribution is -2.33. The maximum atomic E-state index is 12.3.